The molecule has 1 aromatic rings. The normalized spacial score (nSPS) is 11.5. The quantitative estimate of drug-likeness (QED) is 0.678. The molecule has 0 aromatic carbocycles. The van der Waals surface area contributed by atoms with Gasteiger partial charge in [0.25, 0.3) is 0 Å². The molecule has 0 aliphatic carbocycles. The van der Waals surface area contributed by atoms with Crippen molar-refractivity contribution in [2.45, 2.75) is 58.1 Å². The average Bonchev–Trinajstić information content (AvgIpc) is 2.54. The van der Waals surface area contributed by atoms with Gasteiger partial charge in [0.1, 0.15) is 18.0 Å². The van der Waals surface area contributed by atoms with Gasteiger partial charge in [-0.3, -0.25) is 0 Å². The highest BCUT2D eigenvalue weighted by Crippen LogP contribution is 2.31. The van der Waals surface area contributed by atoms with Crippen molar-refractivity contribution in [1.82, 2.24) is 9.97 Å². The van der Waals surface area contributed by atoms with Crippen molar-refractivity contribution in [1.29, 1.82) is 0 Å². The molecule has 120 valence electrons. The highest BCUT2D eigenvalue weighted by molar-refractivity contribution is 8.00. The van der Waals surface area contributed by atoms with E-state index in [0.29, 0.717) is 0 Å². The Morgan fingerprint density at radius 3 is 2.14 bits per heavy atom. The third-order valence-corrected chi connectivity index (χ3v) is 5.73. The summed E-state index contributed by atoms with van der Waals surface area (Å²) < 4.78 is 0.285. The van der Waals surface area contributed by atoms with Crippen molar-refractivity contribution in [3.8, 4) is 0 Å². The van der Waals surface area contributed by atoms with E-state index >= 15 is 0 Å². The highest BCUT2D eigenvalue weighted by atomic mass is 32.2. The van der Waals surface area contributed by atoms with Gasteiger partial charge in [0.15, 0.2) is 0 Å². The summed E-state index contributed by atoms with van der Waals surface area (Å²) in [4.78, 5) is 8.84. The largest absolute Gasteiger partial charge is 0.370 e. The molecule has 5 heteroatoms. The SMILES string of the molecule is CCCNc1ncnc(NCC(CC)(CC)SC)c1CC. The fraction of sp³-hybridized carbons (Fsp3) is 0.750. The molecular formula is C16H30N4S. The van der Waals surface area contributed by atoms with Gasteiger partial charge in [-0.2, -0.15) is 11.8 Å². The fourth-order valence-electron chi connectivity index (χ4n) is 2.40. The molecule has 0 radical (unpaired) electrons. The third kappa shape index (κ3) is 4.77. The summed E-state index contributed by atoms with van der Waals surface area (Å²) in [6, 6.07) is 0. The van der Waals surface area contributed by atoms with E-state index in [1.807, 2.05) is 11.8 Å². The van der Waals surface area contributed by atoms with Crippen molar-refractivity contribution in [2.75, 3.05) is 30.0 Å². The molecule has 0 saturated carbocycles. The van der Waals surface area contributed by atoms with Gasteiger partial charge in [-0.1, -0.05) is 27.7 Å². The van der Waals surface area contributed by atoms with Crippen LogP contribution in [0.2, 0.25) is 0 Å². The standard InChI is InChI=1S/C16H30N4S/c1-6-10-17-14-13(7-2)15(20-12-19-14)18-11-16(8-3,9-4)21-5/h12H,6-11H2,1-5H3,(H2,17,18,19,20). The van der Waals surface area contributed by atoms with Gasteiger partial charge in [-0.05, 0) is 31.9 Å². The third-order valence-electron chi connectivity index (χ3n) is 4.14. The van der Waals surface area contributed by atoms with Gasteiger partial charge >= 0.3 is 0 Å². The molecule has 0 saturated heterocycles. The monoisotopic (exact) mass is 310 g/mol. The van der Waals surface area contributed by atoms with Crippen LogP contribution in [-0.2, 0) is 6.42 Å². The van der Waals surface area contributed by atoms with Gasteiger partial charge < -0.3 is 10.6 Å². The van der Waals surface area contributed by atoms with Crippen LogP contribution in [0.5, 0.6) is 0 Å². The zero-order valence-electron chi connectivity index (χ0n) is 14.1. The Bertz CT molecular complexity index is 410. The van der Waals surface area contributed by atoms with E-state index in [9.17, 15) is 0 Å². The molecule has 0 amide bonds. The first-order valence-electron chi connectivity index (χ1n) is 8.03. The van der Waals surface area contributed by atoms with E-state index in [0.717, 1.165) is 50.4 Å². The molecule has 0 atom stereocenters. The molecule has 4 nitrogen and oxygen atoms in total. The van der Waals surface area contributed by atoms with Gasteiger partial charge in [0.05, 0.1) is 0 Å². The number of nitrogens with one attached hydrogen (secondary N) is 2. The summed E-state index contributed by atoms with van der Waals surface area (Å²) in [5.41, 5.74) is 1.19. The smallest absolute Gasteiger partial charge is 0.134 e. The van der Waals surface area contributed by atoms with Crippen LogP contribution < -0.4 is 10.6 Å². The number of nitrogens with zero attached hydrogens (tertiary/aromatic N) is 2. The topological polar surface area (TPSA) is 49.8 Å². The maximum absolute atomic E-state index is 4.45. The van der Waals surface area contributed by atoms with Crippen LogP contribution >= 0.6 is 11.8 Å². The number of hydrogen-bond acceptors (Lipinski definition) is 5. The summed E-state index contributed by atoms with van der Waals surface area (Å²) in [6.07, 6.45) is 8.19. The van der Waals surface area contributed by atoms with Crippen LogP contribution in [0.4, 0.5) is 11.6 Å². The molecule has 1 rings (SSSR count). The molecule has 0 unspecified atom stereocenters. The lowest BCUT2D eigenvalue weighted by atomic mass is 10.0. The lowest BCUT2D eigenvalue weighted by Gasteiger charge is -2.30. The lowest BCUT2D eigenvalue weighted by molar-refractivity contribution is 0.573. The predicted molar refractivity (Wildman–Crippen MR) is 95.5 cm³/mol. The molecule has 0 spiro atoms. The Balaban J connectivity index is 2.87. The van der Waals surface area contributed by atoms with Crippen molar-refractivity contribution < 1.29 is 0 Å². The minimum absolute atomic E-state index is 0.285. The van der Waals surface area contributed by atoms with Crippen LogP contribution in [0.1, 0.15) is 52.5 Å². The number of thioether (sulfide) groups is 1. The van der Waals surface area contributed by atoms with Crippen LogP contribution in [0.3, 0.4) is 0 Å². The summed E-state index contributed by atoms with van der Waals surface area (Å²) in [6.45, 7) is 10.7. The Labute approximate surface area is 133 Å². The van der Waals surface area contributed by atoms with Crippen molar-refractivity contribution >= 4 is 23.4 Å². The lowest BCUT2D eigenvalue weighted by Crippen LogP contribution is -2.32. The summed E-state index contributed by atoms with van der Waals surface area (Å²) in [7, 11) is 0. The van der Waals surface area contributed by atoms with Gasteiger partial charge in [0, 0.05) is 23.4 Å². The number of aromatic nitrogens is 2. The second kappa shape index (κ2) is 9.13. The van der Waals surface area contributed by atoms with Crippen LogP contribution in [0, 0.1) is 0 Å². The highest BCUT2D eigenvalue weighted by Gasteiger charge is 2.25. The van der Waals surface area contributed by atoms with Crippen LogP contribution in [-0.4, -0.2) is 34.1 Å². The van der Waals surface area contributed by atoms with Crippen LogP contribution in [0.15, 0.2) is 6.33 Å². The molecule has 21 heavy (non-hydrogen) atoms. The van der Waals surface area contributed by atoms with Gasteiger partial charge in [-0.15, -0.1) is 0 Å². The van der Waals surface area contributed by atoms with E-state index in [2.05, 4.69) is 54.6 Å². The van der Waals surface area contributed by atoms with E-state index in [1.54, 1.807) is 6.33 Å². The van der Waals surface area contributed by atoms with Crippen molar-refractivity contribution in [3.05, 3.63) is 11.9 Å². The predicted octanol–water partition coefficient (Wildman–Crippen LogP) is 4.19. The first kappa shape index (κ1) is 18.1. The Morgan fingerprint density at radius 2 is 1.67 bits per heavy atom. The molecular weight excluding hydrogens is 280 g/mol. The maximum Gasteiger partial charge on any atom is 0.134 e. The molecule has 0 aliphatic heterocycles. The average molecular weight is 311 g/mol. The summed E-state index contributed by atoms with van der Waals surface area (Å²) in [5, 5.41) is 6.96. The Morgan fingerprint density at radius 1 is 1.05 bits per heavy atom. The Kier molecular flexibility index (Phi) is 7.86. The van der Waals surface area contributed by atoms with E-state index in [4.69, 9.17) is 0 Å². The minimum atomic E-state index is 0.285. The number of hydrogen-bond donors (Lipinski definition) is 2. The second-order valence-corrected chi connectivity index (χ2v) is 6.55. The summed E-state index contributed by atoms with van der Waals surface area (Å²) in [5.74, 6) is 1.95. The van der Waals surface area contributed by atoms with E-state index in [-0.39, 0.29) is 4.75 Å². The second-order valence-electron chi connectivity index (χ2n) is 5.28. The van der Waals surface area contributed by atoms with Gasteiger partial charge in [-0.25, -0.2) is 9.97 Å². The summed E-state index contributed by atoms with van der Waals surface area (Å²) >= 11 is 1.95. The molecule has 1 heterocycles. The number of anilines is 2. The zero-order valence-corrected chi connectivity index (χ0v) is 14.9. The van der Waals surface area contributed by atoms with Crippen LogP contribution in [0.25, 0.3) is 0 Å². The first-order valence-corrected chi connectivity index (χ1v) is 9.25. The van der Waals surface area contributed by atoms with E-state index < -0.39 is 0 Å². The molecule has 0 bridgehead atoms. The number of rotatable bonds is 10. The molecule has 2 N–H and O–H groups in total. The van der Waals surface area contributed by atoms with Gasteiger partial charge in [0.2, 0.25) is 0 Å². The molecule has 0 fully saturated rings. The maximum atomic E-state index is 4.45. The molecule has 1 aromatic heterocycles. The molecule has 0 aliphatic rings. The fourth-order valence-corrected chi connectivity index (χ4v) is 3.19. The van der Waals surface area contributed by atoms with E-state index in [1.165, 1.54) is 5.56 Å². The van der Waals surface area contributed by atoms with Crippen molar-refractivity contribution in [3.63, 3.8) is 0 Å². The minimum Gasteiger partial charge on any atom is -0.370 e. The first-order chi connectivity index (χ1) is 10.2. The zero-order chi connectivity index (χ0) is 15.7. The Hall–Kier alpha value is -0.970. The van der Waals surface area contributed by atoms with Crippen molar-refractivity contribution in [2.24, 2.45) is 0 Å².